The van der Waals surface area contributed by atoms with E-state index in [0.29, 0.717) is 0 Å². The Hall–Kier alpha value is -1.70. The minimum absolute atomic E-state index is 0.0795. The number of hydrogen-bond acceptors (Lipinski definition) is 2. The van der Waals surface area contributed by atoms with Gasteiger partial charge >= 0.3 is 0 Å². The maximum absolute atomic E-state index is 4.48. The molecule has 0 aliphatic heterocycles. The van der Waals surface area contributed by atoms with Gasteiger partial charge in [0.1, 0.15) is 0 Å². The summed E-state index contributed by atoms with van der Waals surface area (Å²) in [6.07, 6.45) is 3.71. The molecule has 0 aromatic carbocycles. The van der Waals surface area contributed by atoms with Crippen molar-refractivity contribution >= 4 is 0 Å². The van der Waals surface area contributed by atoms with Gasteiger partial charge in [-0.05, 0) is 35.6 Å². The third kappa shape index (κ3) is 2.52. The zero-order valence-electron chi connectivity index (χ0n) is 10.9. The van der Waals surface area contributed by atoms with Crippen molar-refractivity contribution in [2.45, 2.75) is 33.1 Å². The number of aryl methyl sites for hydroxylation is 1. The summed E-state index contributed by atoms with van der Waals surface area (Å²) in [6, 6.07) is 8.22. The highest BCUT2D eigenvalue weighted by Gasteiger charge is 2.19. The van der Waals surface area contributed by atoms with Crippen LogP contribution in [0.1, 0.15) is 31.9 Å². The summed E-state index contributed by atoms with van der Waals surface area (Å²) in [5.41, 5.74) is 4.41. The molecule has 0 fully saturated rings. The molecule has 0 bridgehead atoms. The topological polar surface area (TPSA) is 25.8 Å². The number of aromatic nitrogens is 2. The maximum atomic E-state index is 4.48. The van der Waals surface area contributed by atoms with Gasteiger partial charge in [-0.25, -0.2) is 0 Å². The Labute approximate surface area is 103 Å². The van der Waals surface area contributed by atoms with Crippen molar-refractivity contribution in [2.24, 2.45) is 0 Å². The normalized spacial score (nSPS) is 11.5. The van der Waals surface area contributed by atoms with Gasteiger partial charge in [0.05, 0.1) is 11.4 Å². The zero-order chi connectivity index (χ0) is 12.5. The minimum Gasteiger partial charge on any atom is -0.254 e. The van der Waals surface area contributed by atoms with Gasteiger partial charge in [0.2, 0.25) is 0 Å². The monoisotopic (exact) mass is 226 g/mol. The molecule has 2 heteroatoms. The van der Waals surface area contributed by atoms with Gasteiger partial charge in [-0.15, -0.1) is 0 Å². The van der Waals surface area contributed by atoms with Crippen LogP contribution in [0.15, 0.2) is 36.7 Å². The number of nitrogens with zero attached hydrogens (tertiary/aromatic N) is 2. The Balaban J connectivity index is 2.56. The number of rotatable bonds is 1. The molecule has 0 radical (unpaired) electrons. The van der Waals surface area contributed by atoms with Gasteiger partial charge in [0.25, 0.3) is 0 Å². The summed E-state index contributed by atoms with van der Waals surface area (Å²) in [4.78, 5) is 8.94. The Morgan fingerprint density at radius 1 is 1.00 bits per heavy atom. The summed E-state index contributed by atoms with van der Waals surface area (Å²) in [5.74, 6) is 0. The molecule has 0 unspecified atom stereocenters. The highest BCUT2D eigenvalue weighted by Crippen LogP contribution is 2.29. The molecule has 0 atom stereocenters. The minimum atomic E-state index is 0.0795. The molecule has 0 saturated heterocycles. The van der Waals surface area contributed by atoms with E-state index in [1.54, 1.807) is 0 Å². The molecule has 0 N–H and O–H groups in total. The zero-order valence-corrected chi connectivity index (χ0v) is 10.9. The standard InChI is InChI=1S/C15H18N2/c1-11-7-8-13(17-10-11)14-12(15(2,3)4)6-5-9-16-14/h5-10H,1-4H3. The van der Waals surface area contributed by atoms with Crippen molar-refractivity contribution in [1.82, 2.24) is 9.97 Å². The average Bonchev–Trinajstić information content (AvgIpc) is 2.29. The van der Waals surface area contributed by atoms with Crippen molar-refractivity contribution in [3.8, 4) is 11.4 Å². The second-order valence-electron chi connectivity index (χ2n) is 5.37. The van der Waals surface area contributed by atoms with E-state index in [0.717, 1.165) is 11.4 Å². The quantitative estimate of drug-likeness (QED) is 0.740. The van der Waals surface area contributed by atoms with E-state index >= 15 is 0 Å². The van der Waals surface area contributed by atoms with Gasteiger partial charge in [0.15, 0.2) is 0 Å². The van der Waals surface area contributed by atoms with Crippen LogP contribution in [-0.2, 0) is 5.41 Å². The molecule has 0 aliphatic carbocycles. The Morgan fingerprint density at radius 2 is 1.76 bits per heavy atom. The van der Waals surface area contributed by atoms with E-state index in [4.69, 9.17) is 0 Å². The third-order valence-electron chi connectivity index (χ3n) is 2.77. The van der Waals surface area contributed by atoms with Crippen LogP contribution in [0.25, 0.3) is 11.4 Å². The second-order valence-corrected chi connectivity index (χ2v) is 5.37. The van der Waals surface area contributed by atoms with Crippen LogP contribution in [0.4, 0.5) is 0 Å². The van der Waals surface area contributed by atoms with Crippen LogP contribution < -0.4 is 0 Å². The summed E-state index contributed by atoms with van der Waals surface area (Å²) in [6.45, 7) is 8.63. The lowest BCUT2D eigenvalue weighted by atomic mass is 9.85. The molecule has 2 heterocycles. The van der Waals surface area contributed by atoms with Crippen molar-refractivity contribution < 1.29 is 0 Å². The van der Waals surface area contributed by atoms with Crippen molar-refractivity contribution in [3.63, 3.8) is 0 Å². The lowest BCUT2D eigenvalue weighted by Gasteiger charge is -2.21. The Kier molecular flexibility index (Phi) is 2.97. The number of pyridine rings is 2. The van der Waals surface area contributed by atoms with Gasteiger partial charge < -0.3 is 0 Å². The molecule has 2 nitrogen and oxygen atoms in total. The SMILES string of the molecule is Cc1ccc(-c2ncccc2C(C)(C)C)nc1. The van der Waals surface area contributed by atoms with Crippen LogP contribution in [0.2, 0.25) is 0 Å². The Bertz CT molecular complexity index is 507. The van der Waals surface area contributed by atoms with E-state index in [2.05, 4.69) is 42.9 Å². The summed E-state index contributed by atoms with van der Waals surface area (Å²) >= 11 is 0. The first-order chi connectivity index (χ1) is 7.98. The fourth-order valence-electron chi connectivity index (χ4n) is 1.82. The summed E-state index contributed by atoms with van der Waals surface area (Å²) in [7, 11) is 0. The molecule has 2 aromatic rings. The first-order valence-electron chi connectivity index (χ1n) is 5.87. The third-order valence-corrected chi connectivity index (χ3v) is 2.77. The smallest absolute Gasteiger partial charge is 0.0923 e. The molecule has 17 heavy (non-hydrogen) atoms. The predicted octanol–water partition coefficient (Wildman–Crippen LogP) is 3.75. The van der Waals surface area contributed by atoms with E-state index < -0.39 is 0 Å². The summed E-state index contributed by atoms with van der Waals surface area (Å²) < 4.78 is 0. The van der Waals surface area contributed by atoms with E-state index in [1.165, 1.54) is 11.1 Å². The molecule has 0 spiro atoms. The summed E-state index contributed by atoms with van der Waals surface area (Å²) in [5, 5.41) is 0. The highest BCUT2D eigenvalue weighted by molar-refractivity contribution is 5.60. The predicted molar refractivity (Wildman–Crippen MR) is 70.9 cm³/mol. The van der Waals surface area contributed by atoms with Crippen molar-refractivity contribution in [3.05, 3.63) is 47.8 Å². The largest absolute Gasteiger partial charge is 0.254 e. The van der Waals surface area contributed by atoms with Crippen LogP contribution in [0, 0.1) is 6.92 Å². The van der Waals surface area contributed by atoms with Gasteiger partial charge in [-0.3, -0.25) is 9.97 Å². The van der Waals surface area contributed by atoms with Gasteiger partial charge in [-0.2, -0.15) is 0 Å². The maximum Gasteiger partial charge on any atom is 0.0923 e. The molecule has 2 aromatic heterocycles. The van der Waals surface area contributed by atoms with Gasteiger partial charge in [-0.1, -0.05) is 32.9 Å². The van der Waals surface area contributed by atoms with Crippen LogP contribution in [0.3, 0.4) is 0 Å². The van der Waals surface area contributed by atoms with E-state index in [9.17, 15) is 0 Å². The first-order valence-corrected chi connectivity index (χ1v) is 5.87. The molecule has 0 aliphatic rings. The first kappa shape index (κ1) is 11.8. The van der Waals surface area contributed by atoms with Gasteiger partial charge in [0, 0.05) is 12.4 Å². The second kappa shape index (κ2) is 4.28. The lowest BCUT2D eigenvalue weighted by molar-refractivity contribution is 0.589. The van der Waals surface area contributed by atoms with E-state index in [1.807, 2.05) is 31.5 Å². The van der Waals surface area contributed by atoms with E-state index in [-0.39, 0.29) is 5.41 Å². The van der Waals surface area contributed by atoms with Crippen LogP contribution in [0.5, 0.6) is 0 Å². The average molecular weight is 226 g/mol. The Morgan fingerprint density at radius 3 is 2.35 bits per heavy atom. The lowest BCUT2D eigenvalue weighted by Crippen LogP contribution is -2.13. The molecular weight excluding hydrogens is 208 g/mol. The molecule has 88 valence electrons. The molecule has 0 amide bonds. The highest BCUT2D eigenvalue weighted by atomic mass is 14.8. The molecular formula is C15H18N2. The fourth-order valence-corrected chi connectivity index (χ4v) is 1.82. The number of hydrogen-bond donors (Lipinski definition) is 0. The van der Waals surface area contributed by atoms with Crippen molar-refractivity contribution in [1.29, 1.82) is 0 Å². The molecule has 2 rings (SSSR count). The van der Waals surface area contributed by atoms with Crippen molar-refractivity contribution in [2.75, 3.05) is 0 Å². The molecule has 0 saturated carbocycles. The fraction of sp³-hybridized carbons (Fsp3) is 0.333. The van der Waals surface area contributed by atoms with Crippen LogP contribution >= 0.6 is 0 Å². The van der Waals surface area contributed by atoms with Crippen LogP contribution in [-0.4, -0.2) is 9.97 Å².